The van der Waals surface area contributed by atoms with E-state index >= 15 is 0 Å². The fourth-order valence-corrected chi connectivity index (χ4v) is 1.97. The lowest BCUT2D eigenvalue weighted by atomic mass is 10.4. The van der Waals surface area contributed by atoms with Gasteiger partial charge in [-0.1, -0.05) is 0 Å². The normalized spacial score (nSPS) is 10.7. The molecule has 90 valence electrons. The number of pyridine rings is 1. The van der Waals surface area contributed by atoms with Crippen LogP contribution in [0.15, 0.2) is 41.1 Å². The van der Waals surface area contributed by atoms with Crippen LogP contribution in [0, 0.1) is 0 Å². The highest BCUT2D eigenvalue weighted by molar-refractivity contribution is 9.10. The second-order valence-corrected chi connectivity index (χ2v) is 4.48. The van der Waals surface area contributed by atoms with Crippen molar-refractivity contribution in [1.82, 2.24) is 24.8 Å². The average molecular weight is 305 g/mol. The van der Waals surface area contributed by atoms with Gasteiger partial charge in [0, 0.05) is 12.4 Å². The number of anilines is 1. The number of aromatic nitrogens is 5. The van der Waals surface area contributed by atoms with Gasteiger partial charge in [-0.2, -0.15) is 15.2 Å². The molecule has 6 nitrogen and oxygen atoms in total. The highest BCUT2D eigenvalue weighted by Crippen LogP contribution is 2.16. The minimum atomic E-state index is 0.544. The van der Waals surface area contributed by atoms with Crippen LogP contribution in [-0.4, -0.2) is 24.8 Å². The van der Waals surface area contributed by atoms with Crippen LogP contribution in [0.1, 0.15) is 5.69 Å². The monoisotopic (exact) mass is 304 g/mol. The standard InChI is InChI=1S/C11H9BrN6/c12-9-4-2-6-18-10(9)15-11(17-18)13-7-8-3-1-5-14-16-8/h1-6H,7H2,(H,13,17). The third kappa shape index (κ3) is 2.17. The van der Waals surface area contributed by atoms with E-state index in [1.54, 1.807) is 10.7 Å². The second-order valence-electron chi connectivity index (χ2n) is 3.63. The summed E-state index contributed by atoms with van der Waals surface area (Å²) in [5.74, 6) is 0.563. The summed E-state index contributed by atoms with van der Waals surface area (Å²) in [6.07, 6.45) is 3.49. The van der Waals surface area contributed by atoms with Gasteiger partial charge in [0.2, 0.25) is 5.95 Å². The minimum absolute atomic E-state index is 0.544. The number of halogens is 1. The first-order chi connectivity index (χ1) is 8.83. The van der Waals surface area contributed by atoms with E-state index in [1.807, 2.05) is 30.5 Å². The molecule has 3 aromatic heterocycles. The number of hydrogen-bond acceptors (Lipinski definition) is 5. The first-order valence-corrected chi connectivity index (χ1v) is 6.13. The first-order valence-electron chi connectivity index (χ1n) is 5.34. The fourth-order valence-electron chi connectivity index (χ4n) is 1.55. The van der Waals surface area contributed by atoms with E-state index in [4.69, 9.17) is 0 Å². The highest BCUT2D eigenvalue weighted by atomic mass is 79.9. The number of fused-ring (bicyclic) bond motifs is 1. The quantitative estimate of drug-likeness (QED) is 0.800. The van der Waals surface area contributed by atoms with E-state index in [2.05, 4.69) is 41.5 Å². The Balaban J connectivity index is 1.81. The Bertz CT molecular complexity index is 666. The molecule has 1 N–H and O–H groups in total. The van der Waals surface area contributed by atoms with E-state index in [9.17, 15) is 0 Å². The summed E-state index contributed by atoms with van der Waals surface area (Å²) in [6.45, 7) is 0.544. The molecule has 3 rings (SSSR count). The number of hydrogen-bond donors (Lipinski definition) is 1. The van der Waals surface area contributed by atoms with Gasteiger partial charge in [-0.15, -0.1) is 5.10 Å². The van der Waals surface area contributed by atoms with E-state index < -0.39 is 0 Å². The molecule has 0 bridgehead atoms. The molecule has 0 aliphatic rings. The number of nitrogens with zero attached hydrogens (tertiary/aromatic N) is 5. The zero-order valence-electron chi connectivity index (χ0n) is 9.29. The summed E-state index contributed by atoms with van der Waals surface area (Å²) in [7, 11) is 0. The second kappa shape index (κ2) is 4.69. The third-order valence-corrected chi connectivity index (χ3v) is 2.99. The van der Waals surface area contributed by atoms with Crippen molar-refractivity contribution in [2.75, 3.05) is 5.32 Å². The molecule has 0 unspecified atom stereocenters. The molecule has 0 atom stereocenters. The number of rotatable bonds is 3. The van der Waals surface area contributed by atoms with Crippen LogP contribution in [0.5, 0.6) is 0 Å². The van der Waals surface area contributed by atoms with Gasteiger partial charge in [-0.25, -0.2) is 4.52 Å². The molecule has 0 fully saturated rings. The van der Waals surface area contributed by atoms with Gasteiger partial charge >= 0.3 is 0 Å². The Morgan fingerprint density at radius 3 is 3.00 bits per heavy atom. The Morgan fingerprint density at radius 2 is 2.22 bits per heavy atom. The molecule has 0 amide bonds. The molecule has 0 aromatic carbocycles. The van der Waals surface area contributed by atoms with Crippen LogP contribution in [0.4, 0.5) is 5.95 Å². The summed E-state index contributed by atoms with van der Waals surface area (Å²) in [6, 6.07) is 7.57. The van der Waals surface area contributed by atoms with E-state index in [-0.39, 0.29) is 0 Å². The lowest BCUT2D eigenvalue weighted by molar-refractivity contribution is 0.903. The topological polar surface area (TPSA) is 68.0 Å². The van der Waals surface area contributed by atoms with Gasteiger partial charge in [0.25, 0.3) is 0 Å². The van der Waals surface area contributed by atoms with Gasteiger partial charge in [0.15, 0.2) is 5.65 Å². The molecule has 7 heteroatoms. The van der Waals surface area contributed by atoms with Crippen molar-refractivity contribution >= 4 is 27.5 Å². The minimum Gasteiger partial charge on any atom is -0.347 e. The lowest BCUT2D eigenvalue weighted by Crippen LogP contribution is -2.03. The van der Waals surface area contributed by atoms with Crippen molar-refractivity contribution in [3.05, 3.63) is 46.8 Å². The molecule has 3 aromatic rings. The van der Waals surface area contributed by atoms with E-state index in [0.717, 1.165) is 15.8 Å². The highest BCUT2D eigenvalue weighted by Gasteiger charge is 2.05. The smallest absolute Gasteiger partial charge is 0.243 e. The molecule has 0 aliphatic carbocycles. The van der Waals surface area contributed by atoms with Crippen LogP contribution < -0.4 is 5.32 Å². The Labute approximate surface area is 111 Å². The SMILES string of the molecule is Brc1cccn2nc(NCc3cccnn3)nc12. The fraction of sp³-hybridized carbons (Fsp3) is 0.0909. The summed E-state index contributed by atoms with van der Waals surface area (Å²) in [5.41, 5.74) is 1.62. The lowest BCUT2D eigenvalue weighted by Gasteiger charge is -1.98. The predicted octanol–water partition coefficient (Wildman–Crippen LogP) is 1.89. The zero-order chi connectivity index (χ0) is 12.4. The third-order valence-electron chi connectivity index (χ3n) is 2.37. The van der Waals surface area contributed by atoms with Crippen LogP contribution in [-0.2, 0) is 6.54 Å². The number of nitrogens with one attached hydrogen (secondary N) is 1. The van der Waals surface area contributed by atoms with Crippen LogP contribution in [0.2, 0.25) is 0 Å². The predicted molar refractivity (Wildman–Crippen MR) is 70.0 cm³/mol. The van der Waals surface area contributed by atoms with Crippen LogP contribution in [0.3, 0.4) is 0 Å². The molecule has 0 saturated heterocycles. The van der Waals surface area contributed by atoms with E-state index in [1.165, 1.54) is 0 Å². The van der Waals surface area contributed by atoms with Gasteiger partial charge in [0.1, 0.15) is 0 Å². The molecular formula is C11H9BrN6. The maximum absolute atomic E-state index is 4.37. The molecule has 18 heavy (non-hydrogen) atoms. The summed E-state index contributed by atoms with van der Waals surface area (Å²) >= 11 is 3.43. The van der Waals surface area contributed by atoms with Crippen molar-refractivity contribution in [3.8, 4) is 0 Å². The van der Waals surface area contributed by atoms with E-state index in [0.29, 0.717) is 12.5 Å². The maximum atomic E-state index is 4.37. The van der Waals surface area contributed by atoms with Crippen molar-refractivity contribution in [3.63, 3.8) is 0 Å². The van der Waals surface area contributed by atoms with Crippen LogP contribution in [0.25, 0.3) is 5.65 Å². The van der Waals surface area contributed by atoms with Gasteiger partial charge in [-0.05, 0) is 40.2 Å². The Morgan fingerprint density at radius 1 is 1.28 bits per heavy atom. The largest absolute Gasteiger partial charge is 0.347 e. The van der Waals surface area contributed by atoms with Gasteiger partial charge < -0.3 is 5.32 Å². The van der Waals surface area contributed by atoms with Crippen molar-refractivity contribution in [2.45, 2.75) is 6.54 Å². The average Bonchev–Trinajstić information content (AvgIpc) is 2.82. The van der Waals surface area contributed by atoms with Crippen molar-refractivity contribution < 1.29 is 0 Å². The first kappa shape index (κ1) is 11.1. The molecule has 0 aliphatic heterocycles. The molecule has 0 radical (unpaired) electrons. The summed E-state index contributed by atoms with van der Waals surface area (Å²) in [5, 5.41) is 15.2. The summed E-state index contributed by atoms with van der Waals surface area (Å²) in [4.78, 5) is 4.37. The molecule has 3 heterocycles. The Hall–Kier alpha value is -2.02. The molecular weight excluding hydrogens is 296 g/mol. The van der Waals surface area contributed by atoms with Gasteiger partial charge in [-0.3, -0.25) is 0 Å². The Kier molecular flexibility index (Phi) is 2.89. The molecule has 0 spiro atoms. The molecule has 0 saturated carbocycles. The van der Waals surface area contributed by atoms with Gasteiger partial charge in [0.05, 0.1) is 16.7 Å². The van der Waals surface area contributed by atoms with Crippen molar-refractivity contribution in [2.24, 2.45) is 0 Å². The van der Waals surface area contributed by atoms with Crippen LogP contribution >= 0.6 is 15.9 Å². The summed E-state index contributed by atoms with van der Waals surface area (Å²) < 4.78 is 2.62. The maximum Gasteiger partial charge on any atom is 0.243 e. The zero-order valence-corrected chi connectivity index (χ0v) is 10.9. The van der Waals surface area contributed by atoms with Crippen molar-refractivity contribution in [1.29, 1.82) is 0 Å².